The minimum atomic E-state index is -0.475. The topological polar surface area (TPSA) is 92.7 Å². The predicted octanol–water partition coefficient (Wildman–Crippen LogP) is 0.179. The molecular weight excluding hydrogens is 256 g/mol. The molecule has 4 N–H and O–H groups in total. The highest BCUT2D eigenvalue weighted by atomic mass is 16.2. The van der Waals surface area contributed by atoms with Crippen LogP contribution in [0.25, 0.3) is 0 Å². The van der Waals surface area contributed by atoms with E-state index in [0.29, 0.717) is 43.0 Å². The molecular formula is C14H18N4O2. The Morgan fingerprint density at radius 3 is 2.85 bits per heavy atom. The number of nitrogen functional groups attached to an aromatic ring is 1. The molecule has 0 saturated carbocycles. The molecule has 2 fully saturated rings. The van der Waals surface area contributed by atoms with Crippen LogP contribution in [-0.4, -0.2) is 42.4 Å². The molecule has 2 saturated heterocycles. The van der Waals surface area contributed by atoms with Crippen molar-refractivity contribution in [2.45, 2.75) is 18.9 Å². The van der Waals surface area contributed by atoms with Gasteiger partial charge in [-0.25, -0.2) is 0 Å². The Hall–Kier alpha value is -2.24. The molecule has 0 radical (unpaired) electrons. The Balaban J connectivity index is 1.91. The number of benzene rings is 1. The van der Waals surface area contributed by atoms with Crippen molar-refractivity contribution >= 4 is 23.2 Å². The third-order valence-electron chi connectivity index (χ3n) is 4.14. The monoisotopic (exact) mass is 274 g/mol. The molecule has 1 atom stereocenters. The van der Waals surface area contributed by atoms with Crippen molar-refractivity contribution in [3.05, 3.63) is 23.8 Å². The second-order valence-electron chi connectivity index (χ2n) is 5.33. The van der Waals surface area contributed by atoms with Gasteiger partial charge in [-0.2, -0.15) is 0 Å². The molecule has 106 valence electrons. The van der Waals surface area contributed by atoms with Crippen LogP contribution in [0.1, 0.15) is 23.2 Å². The molecule has 0 spiro atoms. The smallest absolute Gasteiger partial charge is 0.250 e. The van der Waals surface area contributed by atoms with Crippen molar-refractivity contribution in [3.8, 4) is 0 Å². The van der Waals surface area contributed by atoms with E-state index in [1.165, 1.54) is 0 Å². The largest absolute Gasteiger partial charge is 0.397 e. The summed E-state index contributed by atoms with van der Waals surface area (Å²) >= 11 is 0. The zero-order chi connectivity index (χ0) is 14.3. The van der Waals surface area contributed by atoms with Gasteiger partial charge in [-0.3, -0.25) is 9.59 Å². The van der Waals surface area contributed by atoms with Gasteiger partial charge in [-0.15, -0.1) is 0 Å². The summed E-state index contributed by atoms with van der Waals surface area (Å²) in [5.41, 5.74) is 13.2. The fourth-order valence-corrected chi connectivity index (χ4v) is 3.18. The van der Waals surface area contributed by atoms with Gasteiger partial charge in [0.25, 0.3) is 5.91 Å². The van der Waals surface area contributed by atoms with Gasteiger partial charge < -0.3 is 21.3 Å². The van der Waals surface area contributed by atoms with Crippen molar-refractivity contribution in [1.82, 2.24) is 4.90 Å². The normalized spacial score (nSPS) is 22.0. The van der Waals surface area contributed by atoms with E-state index in [0.717, 1.165) is 6.42 Å². The fraction of sp³-hybridized carbons (Fsp3) is 0.429. The number of para-hydroxylation sites is 1. The summed E-state index contributed by atoms with van der Waals surface area (Å²) in [4.78, 5) is 27.3. The molecule has 0 aliphatic carbocycles. The molecule has 0 aromatic heterocycles. The van der Waals surface area contributed by atoms with Gasteiger partial charge in [-0.05, 0) is 18.6 Å². The second kappa shape index (κ2) is 4.70. The Morgan fingerprint density at radius 1 is 1.30 bits per heavy atom. The number of nitrogens with zero attached hydrogens (tertiary/aromatic N) is 2. The maximum absolute atomic E-state index is 11.7. The lowest BCUT2D eigenvalue weighted by atomic mass is 10.1. The van der Waals surface area contributed by atoms with Crippen molar-refractivity contribution in [3.63, 3.8) is 0 Å². The molecule has 1 unspecified atom stereocenters. The lowest BCUT2D eigenvalue weighted by Crippen LogP contribution is -2.52. The first kappa shape index (κ1) is 12.8. The van der Waals surface area contributed by atoms with Crippen LogP contribution < -0.4 is 16.4 Å². The van der Waals surface area contributed by atoms with E-state index in [1.807, 2.05) is 4.90 Å². The zero-order valence-electron chi connectivity index (χ0n) is 11.2. The quantitative estimate of drug-likeness (QED) is 0.752. The van der Waals surface area contributed by atoms with Crippen molar-refractivity contribution in [2.24, 2.45) is 5.73 Å². The molecule has 1 aromatic rings. The van der Waals surface area contributed by atoms with Gasteiger partial charge in [0.1, 0.15) is 0 Å². The number of hydrogen-bond donors (Lipinski definition) is 2. The number of carbonyl (C=O) groups is 2. The first-order valence-corrected chi connectivity index (χ1v) is 6.80. The number of carbonyl (C=O) groups excluding carboxylic acids is 2. The highest BCUT2D eigenvalue weighted by Gasteiger charge is 2.36. The Bertz CT molecular complexity index is 572. The standard InChI is InChI=1S/C14H18N4O2/c15-11-3-1-2-10(14(16)20)13(11)17-6-7-18-9(8-17)4-5-12(18)19/h1-3,9H,4-8,15H2,(H2,16,20). The molecule has 6 heteroatoms. The van der Waals surface area contributed by atoms with Crippen LogP contribution >= 0.6 is 0 Å². The van der Waals surface area contributed by atoms with E-state index in [1.54, 1.807) is 18.2 Å². The summed E-state index contributed by atoms with van der Waals surface area (Å²) < 4.78 is 0. The van der Waals surface area contributed by atoms with Crippen LogP contribution in [0, 0.1) is 0 Å². The molecule has 2 amide bonds. The zero-order valence-corrected chi connectivity index (χ0v) is 11.2. The number of fused-ring (bicyclic) bond motifs is 1. The van der Waals surface area contributed by atoms with Gasteiger partial charge in [0, 0.05) is 32.1 Å². The highest BCUT2D eigenvalue weighted by Crippen LogP contribution is 2.32. The Morgan fingerprint density at radius 2 is 2.10 bits per heavy atom. The van der Waals surface area contributed by atoms with Crippen LogP contribution in [0.15, 0.2) is 18.2 Å². The second-order valence-corrected chi connectivity index (χ2v) is 5.33. The van der Waals surface area contributed by atoms with Gasteiger partial charge in [0.2, 0.25) is 5.91 Å². The highest BCUT2D eigenvalue weighted by molar-refractivity contribution is 6.01. The maximum Gasteiger partial charge on any atom is 0.250 e. The molecule has 2 heterocycles. The number of nitrogens with two attached hydrogens (primary N) is 2. The average molecular weight is 274 g/mol. The van der Waals surface area contributed by atoms with Crippen molar-refractivity contribution in [1.29, 1.82) is 0 Å². The minimum Gasteiger partial charge on any atom is -0.397 e. The van der Waals surface area contributed by atoms with Crippen LogP contribution in [0.3, 0.4) is 0 Å². The number of rotatable bonds is 2. The van der Waals surface area contributed by atoms with Crippen molar-refractivity contribution in [2.75, 3.05) is 30.3 Å². The fourth-order valence-electron chi connectivity index (χ4n) is 3.18. The van der Waals surface area contributed by atoms with E-state index in [4.69, 9.17) is 11.5 Å². The molecule has 2 aliphatic rings. The summed E-state index contributed by atoms with van der Waals surface area (Å²) in [6.07, 6.45) is 1.49. The molecule has 20 heavy (non-hydrogen) atoms. The summed E-state index contributed by atoms with van der Waals surface area (Å²) in [6, 6.07) is 5.42. The molecule has 0 bridgehead atoms. The van der Waals surface area contributed by atoms with E-state index >= 15 is 0 Å². The van der Waals surface area contributed by atoms with E-state index in [-0.39, 0.29) is 11.9 Å². The summed E-state index contributed by atoms with van der Waals surface area (Å²) in [6.45, 7) is 2.06. The van der Waals surface area contributed by atoms with Gasteiger partial charge in [-0.1, -0.05) is 6.07 Å². The minimum absolute atomic E-state index is 0.219. The van der Waals surface area contributed by atoms with Gasteiger partial charge in [0.05, 0.1) is 16.9 Å². The molecule has 6 nitrogen and oxygen atoms in total. The third-order valence-corrected chi connectivity index (χ3v) is 4.14. The number of primary amides is 1. The van der Waals surface area contributed by atoms with Gasteiger partial charge >= 0.3 is 0 Å². The first-order chi connectivity index (χ1) is 9.58. The van der Waals surface area contributed by atoms with Crippen molar-refractivity contribution < 1.29 is 9.59 Å². The summed E-state index contributed by atoms with van der Waals surface area (Å²) in [5.74, 6) is -0.247. The van der Waals surface area contributed by atoms with Gasteiger partial charge in [0.15, 0.2) is 0 Å². The van der Waals surface area contributed by atoms with Crippen LogP contribution in [0.2, 0.25) is 0 Å². The Kier molecular flexibility index (Phi) is 3.00. The number of amides is 2. The SMILES string of the molecule is NC(=O)c1cccc(N)c1N1CCN2C(=O)CCC2C1. The molecule has 2 aliphatic heterocycles. The molecule has 1 aromatic carbocycles. The molecule has 3 rings (SSSR count). The van der Waals surface area contributed by atoms with E-state index in [9.17, 15) is 9.59 Å². The number of piperazine rings is 1. The summed E-state index contributed by atoms with van der Waals surface area (Å²) in [7, 11) is 0. The first-order valence-electron chi connectivity index (χ1n) is 6.80. The average Bonchev–Trinajstić information content (AvgIpc) is 2.79. The number of anilines is 2. The predicted molar refractivity (Wildman–Crippen MR) is 76.3 cm³/mol. The van der Waals surface area contributed by atoms with E-state index < -0.39 is 5.91 Å². The van der Waals surface area contributed by atoms with Crippen LogP contribution in [0.4, 0.5) is 11.4 Å². The number of hydrogen-bond acceptors (Lipinski definition) is 4. The lowest BCUT2D eigenvalue weighted by molar-refractivity contribution is -0.129. The third kappa shape index (κ3) is 1.97. The van der Waals surface area contributed by atoms with Crippen LogP contribution in [0.5, 0.6) is 0 Å². The Labute approximate surface area is 117 Å². The summed E-state index contributed by atoms with van der Waals surface area (Å²) in [5, 5.41) is 0. The lowest BCUT2D eigenvalue weighted by Gasteiger charge is -2.39. The maximum atomic E-state index is 11.7. The van der Waals surface area contributed by atoms with E-state index in [2.05, 4.69) is 4.90 Å². The van der Waals surface area contributed by atoms with Crippen LogP contribution in [-0.2, 0) is 4.79 Å².